The van der Waals surface area contributed by atoms with E-state index in [0.29, 0.717) is 0 Å². The lowest BCUT2D eigenvalue weighted by atomic mass is 10.1. The van der Waals surface area contributed by atoms with Crippen LogP contribution in [-0.2, 0) is 0 Å². The Morgan fingerprint density at radius 2 is 0.692 bits per heavy atom. The Bertz CT molecular complexity index is 911. The fraction of sp³-hybridized carbons (Fsp3) is 0. The summed E-state index contributed by atoms with van der Waals surface area (Å²) >= 11 is 2.37. The third-order valence-corrected chi connectivity index (χ3v) is 4.88. The SMILES string of the molecule is Fc1c(F)c(F)c(C#CC#Cc2c(F)c(F)c(F)c(F)c2I)c(I)c1F. The van der Waals surface area contributed by atoms with Crippen molar-refractivity contribution in [2.24, 2.45) is 0 Å². The van der Waals surface area contributed by atoms with Gasteiger partial charge in [-0.25, -0.2) is 35.1 Å². The number of halogens is 10. The monoisotopic (exact) mass is 598 g/mol. The van der Waals surface area contributed by atoms with Crippen molar-refractivity contribution in [2.75, 3.05) is 0 Å². The van der Waals surface area contributed by atoms with Crippen molar-refractivity contribution < 1.29 is 35.1 Å². The molecule has 2 aromatic rings. The summed E-state index contributed by atoms with van der Waals surface area (Å²) in [6.07, 6.45) is 0. The average Bonchev–Trinajstić information content (AvgIpc) is 2.63. The zero-order chi connectivity index (χ0) is 19.8. The molecule has 0 fully saturated rings. The minimum Gasteiger partial charge on any atom is -0.202 e. The van der Waals surface area contributed by atoms with E-state index in [0.717, 1.165) is 0 Å². The van der Waals surface area contributed by atoms with Crippen LogP contribution in [0.3, 0.4) is 0 Å². The summed E-state index contributed by atoms with van der Waals surface area (Å²) in [7, 11) is 0. The van der Waals surface area contributed by atoms with Crippen molar-refractivity contribution in [3.63, 3.8) is 0 Å². The van der Waals surface area contributed by atoms with Gasteiger partial charge in [0.1, 0.15) is 0 Å². The van der Waals surface area contributed by atoms with Crippen molar-refractivity contribution in [1.29, 1.82) is 0 Å². The number of rotatable bonds is 0. The molecule has 0 aromatic heterocycles. The van der Waals surface area contributed by atoms with Gasteiger partial charge in [0.15, 0.2) is 46.5 Å². The maximum atomic E-state index is 13.6. The lowest BCUT2D eigenvalue weighted by molar-refractivity contribution is 0.404. The first kappa shape index (κ1) is 20.8. The fourth-order valence-corrected chi connectivity index (χ4v) is 2.83. The average molecular weight is 598 g/mol. The summed E-state index contributed by atoms with van der Waals surface area (Å²) < 4.78 is 105. The molecule has 0 spiro atoms. The number of hydrogen-bond acceptors (Lipinski definition) is 0. The molecular formula is C16F8I2. The Balaban J connectivity index is 2.54. The molecule has 134 valence electrons. The van der Waals surface area contributed by atoms with Gasteiger partial charge >= 0.3 is 0 Å². The van der Waals surface area contributed by atoms with Crippen LogP contribution in [0.15, 0.2) is 0 Å². The molecule has 0 saturated heterocycles. The smallest absolute Gasteiger partial charge is 0.198 e. The van der Waals surface area contributed by atoms with Crippen LogP contribution >= 0.6 is 45.2 Å². The highest BCUT2D eigenvalue weighted by atomic mass is 127. The van der Waals surface area contributed by atoms with Crippen molar-refractivity contribution in [3.05, 3.63) is 64.8 Å². The van der Waals surface area contributed by atoms with Crippen LogP contribution in [0.4, 0.5) is 35.1 Å². The number of hydrogen-bond donors (Lipinski definition) is 0. The highest BCUT2D eigenvalue weighted by Gasteiger charge is 2.24. The third kappa shape index (κ3) is 3.62. The molecule has 10 heteroatoms. The van der Waals surface area contributed by atoms with E-state index in [1.165, 1.54) is 45.2 Å². The highest BCUT2D eigenvalue weighted by molar-refractivity contribution is 14.1. The molecule has 0 nitrogen and oxygen atoms in total. The second-order valence-electron chi connectivity index (χ2n) is 4.39. The first-order valence-electron chi connectivity index (χ1n) is 6.14. The Labute approximate surface area is 168 Å². The van der Waals surface area contributed by atoms with Gasteiger partial charge in [-0.05, 0) is 68.9 Å². The predicted octanol–water partition coefficient (Wildman–Crippen LogP) is 5.41. The minimum atomic E-state index is -2.08. The Hall–Kier alpha value is -1.54. The second kappa shape index (κ2) is 8.00. The van der Waals surface area contributed by atoms with Gasteiger partial charge in [-0.3, -0.25) is 0 Å². The van der Waals surface area contributed by atoms with Crippen LogP contribution in [0.1, 0.15) is 11.1 Å². The van der Waals surface area contributed by atoms with Gasteiger partial charge in [0, 0.05) is 0 Å². The molecule has 0 aliphatic carbocycles. The Kier molecular flexibility index (Phi) is 6.39. The number of benzene rings is 2. The van der Waals surface area contributed by atoms with Gasteiger partial charge in [0.2, 0.25) is 0 Å². The molecule has 0 unspecified atom stereocenters. The van der Waals surface area contributed by atoms with Crippen molar-refractivity contribution in [3.8, 4) is 23.7 Å². The lowest BCUT2D eigenvalue weighted by Gasteiger charge is -2.03. The standard InChI is InChI=1S/C16F8I2/c17-7-5(15(25)13(23)11(21)9(7)19)3-1-2-4-6-8(18)10(20)12(22)14(24)16(6)26. The van der Waals surface area contributed by atoms with Gasteiger partial charge in [0.25, 0.3) is 0 Å². The van der Waals surface area contributed by atoms with E-state index < -0.39 is 64.8 Å². The van der Waals surface area contributed by atoms with E-state index in [2.05, 4.69) is 0 Å². The summed E-state index contributed by atoms with van der Waals surface area (Å²) in [5, 5.41) is 0. The summed E-state index contributed by atoms with van der Waals surface area (Å²) in [6, 6.07) is 0. The Morgan fingerprint density at radius 1 is 0.423 bits per heavy atom. The van der Waals surface area contributed by atoms with Crippen molar-refractivity contribution >= 4 is 45.2 Å². The molecule has 2 rings (SSSR count). The zero-order valence-corrected chi connectivity index (χ0v) is 16.1. The van der Waals surface area contributed by atoms with Crippen LogP contribution in [-0.4, -0.2) is 0 Å². The summed E-state index contributed by atoms with van der Waals surface area (Å²) in [6.45, 7) is 0. The van der Waals surface area contributed by atoms with E-state index in [9.17, 15) is 35.1 Å². The van der Waals surface area contributed by atoms with Gasteiger partial charge in [-0.2, -0.15) is 0 Å². The summed E-state index contributed by atoms with van der Waals surface area (Å²) in [4.78, 5) is 0. The van der Waals surface area contributed by atoms with Crippen LogP contribution in [0.5, 0.6) is 0 Å². The molecule has 26 heavy (non-hydrogen) atoms. The van der Waals surface area contributed by atoms with Crippen LogP contribution in [0.2, 0.25) is 0 Å². The minimum absolute atomic E-state index is 0.659. The molecule has 0 amide bonds. The molecule has 0 atom stereocenters. The van der Waals surface area contributed by atoms with E-state index in [1.54, 1.807) is 0 Å². The Morgan fingerprint density at radius 3 is 1.00 bits per heavy atom. The molecule has 0 N–H and O–H groups in total. The van der Waals surface area contributed by atoms with Crippen LogP contribution in [0, 0.1) is 77.4 Å². The van der Waals surface area contributed by atoms with E-state index >= 15 is 0 Å². The van der Waals surface area contributed by atoms with E-state index in [4.69, 9.17) is 0 Å². The third-order valence-electron chi connectivity index (χ3n) is 2.86. The molecular weight excluding hydrogens is 598 g/mol. The fourth-order valence-electron chi connectivity index (χ4n) is 1.62. The van der Waals surface area contributed by atoms with Gasteiger partial charge in [-0.15, -0.1) is 0 Å². The maximum Gasteiger partial charge on any atom is 0.198 e. The molecule has 0 bridgehead atoms. The maximum absolute atomic E-state index is 13.6. The molecule has 0 aliphatic rings. The van der Waals surface area contributed by atoms with E-state index in [1.807, 2.05) is 23.7 Å². The first-order valence-corrected chi connectivity index (χ1v) is 8.30. The van der Waals surface area contributed by atoms with Crippen molar-refractivity contribution in [2.45, 2.75) is 0 Å². The van der Waals surface area contributed by atoms with Crippen LogP contribution < -0.4 is 0 Å². The molecule has 0 radical (unpaired) electrons. The normalized spacial score (nSPS) is 10.1. The van der Waals surface area contributed by atoms with Crippen LogP contribution in [0.25, 0.3) is 0 Å². The first-order chi connectivity index (χ1) is 12.1. The summed E-state index contributed by atoms with van der Waals surface area (Å²) in [5.41, 5.74) is -1.69. The summed E-state index contributed by atoms with van der Waals surface area (Å²) in [5.74, 6) is -7.45. The molecule has 0 heterocycles. The topological polar surface area (TPSA) is 0 Å². The predicted molar refractivity (Wildman–Crippen MR) is 91.7 cm³/mol. The lowest BCUT2D eigenvalue weighted by Crippen LogP contribution is -2.03. The van der Waals surface area contributed by atoms with E-state index in [-0.39, 0.29) is 0 Å². The van der Waals surface area contributed by atoms with Crippen molar-refractivity contribution in [1.82, 2.24) is 0 Å². The molecule has 0 aliphatic heterocycles. The van der Waals surface area contributed by atoms with Gasteiger partial charge < -0.3 is 0 Å². The largest absolute Gasteiger partial charge is 0.202 e. The van der Waals surface area contributed by atoms with Gasteiger partial charge in [-0.1, -0.05) is 0 Å². The van der Waals surface area contributed by atoms with Gasteiger partial charge in [0.05, 0.1) is 18.3 Å². The second-order valence-corrected chi connectivity index (χ2v) is 6.55. The quantitative estimate of drug-likeness (QED) is 0.125. The zero-order valence-electron chi connectivity index (χ0n) is 11.8. The molecule has 0 saturated carbocycles. The highest BCUT2D eigenvalue weighted by Crippen LogP contribution is 2.26. The molecule has 2 aromatic carbocycles.